The van der Waals surface area contributed by atoms with Crippen LogP contribution in [0.2, 0.25) is 0 Å². The molecule has 0 atom stereocenters. The maximum Gasteiger partial charge on any atom is 0.243 e. The van der Waals surface area contributed by atoms with E-state index in [9.17, 15) is 4.79 Å². The van der Waals surface area contributed by atoms with Crippen molar-refractivity contribution >= 4 is 17.3 Å². The highest BCUT2D eigenvalue weighted by molar-refractivity contribution is 5.93. The summed E-state index contributed by atoms with van der Waals surface area (Å²) in [5.41, 5.74) is 3.09. The van der Waals surface area contributed by atoms with Crippen LogP contribution in [0.4, 0.5) is 11.4 Å². The first kappa shape index (κ1) is 18.0. The van der Waals surface area contributed by atoms with Crippen molar-refractivity contribution in [3.05, 3.63) is 90.0 Å². The normalized spacial score (nSPS) is 9.89. The molecule has 3 aromatic carbocycles. The van der Waals surface area contributed by atoms with Crippen molar-refractivity contribution in [2.45, 2.75) is 6.61 Å². The number of rotatable bonds is 7. The van der Waals surface area contributed by atoms with Crippen molar-refractivity contribution in [3.63, 3.8) is 0 Å². The van der Waals surface area contributed by atoms with Crippen molar-refractivity contribution in [1.82, 2.24) is 0 Å². The molecule has 134 valence electrons. The molecule has 0 fully saturated rings. The lowest BCUT2D eigenvalue weighted by molar-refractivity contribution is -0.114. The Morgan fingerprint density at radius 1 is 0.926 bits per heavy atom. The molecule has 3 rings (SSSR count). The third kappa shape index (κ3) is 5.62. The lowest BCUT2D eigenvalue weighted by Gasteiger charge is -2.10. The first-order chi connectivity index (χ1) is 13.2. The summed E-state index contributed by atoms with van der Waals surface area (Å²) in [5.74, 6) is 0.562. The fraction of sp³-hybridized carbons (Fsp3) is 0.0909. The molecule has 0 heterocycles. The molecule has 5 heteroatoms. The molecule has 0 unspecified atom stereocenters. The minimum absolute atomic E-state index is 0.124. The summed E-state index contributed by atoms with van der Waals surface area (Å²) in [5, 5.41) is 14.9. The lowest BCUT2D eigenvalue weighted by Crippen LogP contribution is -2.21. The largest absolute Gasteiger partial charge is 0.489 e. The highest BCUT2D eigenvalue weighted by Gasteiger charge is 2.03. The van der Waals surface area contributed by atoms with Crippen molar-refractivity contribution in [2.75, 3.05) is 17.2 Å². The van der Waals surface area contributed by atoms with Crippen molar-refractivity contribution < 1.29 is 9.53 Å². The first-order valence-electron chi connectivity index (χ1n) is 8.53. The number of carbonyl (C=O) groups is 1. The molecule has 0 radical (unpaired) electrons. The van der Waals surface area contributed by atoms with Crippen molar-refractivity contribution in [1.29, 1.82) is 5.26 Å². The number of nitriles is 1. The maximum atomic E-state index is 12.0. The fourth-order valence-corrected chi connectivity index (χ4v) is 2.50. The molecule has 0 saturated carbocycles. The van der Waals surface area contributed by atoms with Crippen LogP contribution < -0.4 is 15.4 Å². The van der Waals surface area contributed by atoms with Gasteiger partial charge in [0.25, 0.3) is 0 Å². The summed E-state index contributed by atoms with van der Waals surface area (Å²) in [4.78, 5) is 12.0. The number of carbonyl (C=O) groups excluding carboxylic acids is 1. The van der Waals surface area contributed by atoms with Crippen LogP contribution in [0.15, 0.2) is 78.9 Å². The van der Waals surface area contributed by atoms with E-state index in [2.05, 4.69) is 16.7 Å². The number of benzene rings is 3. The molecule has 2 N–H and O–H groups in total. The Balaban J connectivity index is 1.52. The van der Waals surface area contributed by atoms with Gasteiger partial charge in [-0.25, -0.2) is 0 Å². The van der Waals surface area contributed by atoms with Gasteiger partial charge < -0.3 is 15.4 Å². The molecular weight excluding hydrogens is 338 g/mol. The highest BCUT2D eigenvalue weighted by atomic mass is 16.5. The summed E-state index contributed by atoms with van der Waals surface area (Å²) in [6, 6.07) is 26.2. The summed E-state index contributed by atoms with van der Waals surface area (Å²) in [6.07, 6.45) is 0. The average molecular weight is 357 g/mol. The number of nitrogens with zero attached hydrogens (tertiary/aromatic N) is 1. The SMILES string of the molecule is N#Cc1cccc(COc2cccc(NCC(=O)Nc3ccccc3)c2)c1. The van der Waals surface area contributed by atoms with Crippen LogP contribution in [-0.2, 0) is 11.4 Å². The van der Waals surface area contributed by atoms with Crippen LogP contribution in [0.1, 0.15) is 11.1 Å². The molecule has 0 aromatic heterocycles. The van der Waals surface area contributed by atoms with Gasteiger partial charge in [0, 0.05) is 17.4 Å². The minimum Gasteiger partial charge on any atom is -0.489 e. The van der Waals surface area contributed by atoms with Crippen LogP contribution in [-0.4, -0.2) is 12.5 Å². The number of hydrogen-bond acceptors (Lipinski definition) is 4. The van der Waals surface area contributed by atoms with E-state index in [0.29, 0.717) is 17.9 Å². The van der Waals surface area contributed by atoms with Gasteiger partial charge in [-0.2, -0.15) is 5.26 Å². The Morgan fingerprint density at radius 2 is 1.70 bits per heavy atom. The number of ether oxygens (including phenoxy) is 1. The standard InChI is InChI=1S/C22H19N3O2/c23-14-17-6-4-7-18(12-17)16-27-21-11-5-10-20(13-21)24-15-22(26)25-19-8-2-1-3-9-19/h1-13,24H,15-16H2,(H,25,26). The van der Waals surface area contributed by atoms with Crippen LogP contribution in [0.25, 0.3) is 0 Å². The van der Waals surface area contributed by atoms with Crippen LogP contribution in [0.5, 0.6) is 5.75 Å². The first-order valence-corrected chi connectivity index (χ1v) is 8.53. The quantitative estimate of drug-likeness (QED) is 0.665. The molecule has 0 spiro atoms. The second-order valence-corrected chi connectivity index (χ2v) is 5.90. The summed E-state index contributed by atoms with van der Waals surface area (Å²) < 4.78 is 5.78. The molecule has 3 aromatic rings. The van der Waals surface area contributed by atoms with Gasteiger partial charge in [-0.3, -0.25) is 4.79 Å². The molecule has 5 nitrogen and oxygen atoms in total. The molecule has 27 heavy (non-hydrogen) atoms. The number of hydrogen-bond donors (Lipinski definition) is 2. The van der Waals surface area contributed by atoms with Gasteiger partial charge in [0.2, 0.25) is 5.91 Å². The Labute approximate surface area is 158 Å². The van der Waals surface area contributed by atoms with E-state index >= 15 is 0 Å². The zero-order valence-electron chi connectivity index (χ0n) is 14.7. The molecule has 0 bridgehead atoms. The topological polar surface area (TPSA) is 74.1 Å². The Kier molecular flexibility index (Phi) is 6.05. The van der Waals surface area contributed by atoms with Gasteiger partial charge in [-0.05, 0) is 42.0 Å². The van der Waals surface area contributed by atoms with Crippen molar-refractivity contribution in [3.8, 4) is 11.8 Å². The molecule has 0 saturated heterocycles. The van der Waals surface area contributed by atoms with E-state index in [4.69, 9.17) is 10.00 Å². The Morgan fingerprint density at radius 3 is 2.52 bits per heavy atom. The van der Waals surface area contributed by atoms with E-state index in [0.717, 1.165) is 16.9 Å². The summed E-state index contributed by atoms with van der Waals surface area (Å²) in [6.45, 7) is 0.524. The average Bonchev–Trinajstić information content (AvgIpc) is 2.72. The van der Waals surface area contributed by atoms with Gasteiger partial charge in [0.15, 0.2) is 0 Å². The van der Waals surface area contributed by atoms with Crippen molar-refractivity contribution in [2.24, 2.45) is 0 Å². The smallest absolute Gasteiger partial charge is 0.243 e. The van der Waals surface area contributed by atoms with Crippen LogP contribution in [0, 0.1) is 11.3 Å². The number of amides is 1. The van der Waals surface area contributed by atoms with Gasteiger partial charge >= 0.3 is 0 Å². The molecular formula is C22H19N3O2. The number of para-hydroxylation sites is 1. The zero-order chi connectivity index (χ0) is 18.9. The molecule has 0 aliphatic rings. The zero-order valence-corrected chi connectivity index (χ0v) is 14.7. The van der Waals surface area contributed by atoms with E-state index in [1.54, 1.807) is 12.1 Å². The second-order valence-electron chi connectivity index (χ2n) is 5.90. The van der Waals surface area contributed by atoms with E-state index in [-0.39, 0.29) is 12.5 Å². The third-order valence-electron chi connectivity index (χ3n) is 3.81. The second kappa shape index (κ2) is 9.07. The highest BCUT2D eigenvalue weighted by Crippen LogP contribution is 2.19. The number of anilines is 2. The van der Waals surface area contributed by atoms with Crippen LogP contribution >= 0.6 is 0 Å². The molecule has 0 aliphatic carbocycles. The van der Waals surface area contributed by atoms with Crippen LogP contribution in [0.3, 0.4) is 0 Å². The number of nitrogens with one attached hydrogen (secondary N) is 2. The van der Waals surface area contributed by atoms with Gasteiger partial charge in [0.1, 0.15) is 12.4 Å². The Hall–Kier alpha value is -3.78. The van der Waals surface area contributed by atoms with E-state index < -0.39 is 0 Å². The van der Waals surface area contributed by atoms with E-state index in [1.807, 2.05) is 66.7 Å². The minimum atomic E-state index is -0.124. The predicted octanol–water partition coefficient (Wildman–Crippen LogP) is 4.19. The van der Waals surface area contributed by atoms with E-state index in [1.165, 1.54) is 0 Å². The monoisotopic (exact) mass is 357 g/mol. The predicted molar refractivity (Wildman–Crippen MR) is 105 cm³/mol. The molecule has 0 aliphatic heterocycles. The fourth-order valence-electron chi connectivity index (χ4n) is 2.50. The maximum absolute atomic E-state index is 12.0. The van der Waals surface area contributed by atoms with Gasteiger partial charge in [-0.1, -0.05) is 36.4 Å². The van der Waals surface area contributed by atoms with Gasteiger partial charge in [0.05, 0.1) is 18.2 Å². The summed E-state index contributed by atoms with van der Waals surface area (Å²) >= 11 is 0. The lowest BCUT2D eigenvalue weighted by atomic mass is 10.1. The Bertz CT molecular complexity index is 949. The summed E-state index contributed by atoms with van der Waals surface area (Å²) in [7, 11) is 0. The molecule has 1 amide bonds. The third-order valence-corrected chi connectivity index (χ3v) is 3.81. The van der Waals surface area contributed by atoms with Gasteiger partial charge in [-0.15, -0.1) is 0 Å².